The van der Waals surface area contributed by atoms with Gasteiger partial charge < -0.3 is 10.2 Å². The number of nitrogens with zero attached hydrogens (tertiary/aromatic N) is 1. The molecular formula is C16H26N2O. The van der Waals surface area contributed by atoms with E-state index in [0.29, 0.717) is 5.92 Å². The van der Waals surface area contributed by atoms with Crippen LogP contribution in [0.4, 0.5) is 0 Å². The first-order chi connectivity index (χ1) is 9.26. The molecule has 3 rings (SSSR count). The highest BCUT2D eigenvalue weighted by Gasteiger charge is 2.36. The lowest BCUT2D eigenvalue weighted by Gasteiger charge is -2.31. The van der Waals surface area contributed by atoms with Crippen molar-refractivity contribution in [2.75, 3.05) is 19.6 Å². The maximum Gasteiger partial charge on any atom is 0.118 e. The molecule has 106 valence electrons. The molecule has 0 spiro atoms. The van der Waals surface area contributed by atoms with Gasteiger partial charge in [0.25, 0.3) is 0 Å². The maximum absolute atomic E-state index is 5.99. The summed E-state index contributed by atoms with van der Waals surface area (Å²) in [5, 5.41) is 0. The van der Waals surface area contributed by atoms with Crippen molar-refractivity contribution >= 4 is 0 Å². The van der Waals surface area contributed by atoms with Gasteiger partial charge in [-0.05, 0) is 69.3 Å². The fourth-order valence-corrected chi connectivity index (χ4v) is 3.29. The average Bonchev–Trinajstić information content (AvgIpc) is 2.97. The lowest BCUT2D eigenvalue weighted by molar-refractivity contribution is 0.162. The topological polar surface area (TPSA) is 42.4 Å². The van der Waals surface area contributed by atoms with E-state index < -0.39 is 0 Å². The largest absolute Gasteiger partial charge is 0.464 e. The summed E-state index contributed by atoms with van der Waals surface area (Å²) in [5.41, 5.74) is 5.64. The predicted octanol–water partition coefficient (Wildman–Crippen LogP) is 2.96. The van der Waals surface area contributed by atoms with E-state index in [9.17, 15) is 0 Å². The first kappa shape index (κ1) is 13.2. The van der Waals surface area contributed by atoms with Crippen molar-refractivity contribution in [3.63, 3.8) is 0 Å². The highest BCUT2D eigenvalue weighted by Crippen LogP contribution is 2.47. The molecule has 1 aromatic heterocycles. The second-order valence-electron chi connectivity index (χ2n) is 6.42. The first-order valence-corrected chi connectivity index (χ1v) is 7.77. The molecule has 2 fully saturated rings. The van der Waals surface area contributed by atoms with Gasteiger partial charge in [-0.25, -0.2) is 0 Å². The van der Waals surface area contributed by atoms with Crippen LogP contribution >= 0.6 is 0 Å². The van der Waals surface area contributed by atoms with Crippen molar-refractivity contribution in [3.05, 3.63) is 23.7 Å². The molecule has 3 nitrogen and oxygen atoms in total. The van der Waals surface area contributed by atoms with Gasteiger partial charge in [0.05, 0.1) is 6.54 Å². The molecule has 2 aliphatic rings. The molecule has 1 saturated carbocycles. The normalized spacial score (nSPS) is 28.7. The summed E-state index contributed by atoms with van der Waals surface area (Å²) in [6.07, 6.45) is 5.09. The van der Waals surface area contributed by atoms with Crippen LogP contribution in [-0.2, 0) is 6.54 Å². The smallest absolute Gasteiger partial charge is 0.118 e. The van der Waals surface area contributed by atoms with Crippen LogP contribution in [0.2, 0.25) is 0 Å². The fraction of sp³-hybridized carbons (Fsp3) is 0.750. The molecular weight excluding hydrogens is 236 g/mol. The highest BCUT2D eigenvalue weighted by atomic mass is 16.3. The van der Waals surface area contributed by atoms with Gasteiger partial charge in [0.15, 0.2) is 0 Å². The minimum atomic E-state index is 0.698. The van der Waals surface area contributed by atoms with Gasteiger partial charge >= 0.3 is 0 Å². The summed E-state index contributed by atoms with van der Waals surface area (Å²) in [6.45, 7) is 6.51. The van der Waals surface area contributed by atoms with Crippen LogP contribution in [-0.4, -0.2) is 24.5 Å². The minimum absolute atomic E-state index is 0.698. The van der Waals surface area contributed by atoms with E-state index in [2.05, 4.69) is 24.0 Å². The van der Waals surface area contributed by atoms with E-state index in [4.69, 9.17) is 10.2 Å². The van der Waals surface area contributed by atoms with Crippen molar-refractivity contribution in [1.29, 1.82) is 0 Å². The Morgan fingerprint density at radius 3 is 2.68 bits per heavy atom. The number of piperidine rings is 1. The van der Waals surface area contributed by atoms with Crippen LogP contribution in [0.5, 0.6) is 0 Å². The SMILES string of the molecule is CC1CC1c1ccc(CN2CCC(CCN)CC2)o1. The molecule has 0 bridgehead atoms. The first-order valence-electron chi connectivity index (χ1n) is 7.77. The molecule has 1 aliphatic heterocycles. The Morgan fingerprint density at radius 1 is 1.32 bits per heavy atom. The summed E-state index contributed by atoms with van der Waals surface area (Å²) in [4.78, 5) is 2.52. The van der Waals surface area contributed by atoms with Crippen molar-refractivity contribution < 1.29 is 4.42 Å². The molecule has 1 aromatic rings. The number of hydrogen-bond acceptors (Lipinski definition) is 3. The summed E-state index contributed by atoms with van der Waals surface area (Å²) in [6, 6.07) is 4.36. The van der Waals surface area contributed by atoms with Gasteiger partial charge in [-0.15, -0.1) is 0 Å². The van der Waals surface area contributed by atoms with Crippen LogP contribution in [0, 0.1) is 11.8 Å². The zero-order valence-corrected chi connectivity index (χ0v) is 12.0. The summed E-state index contributed by atoms with van der Waals surface area (Å²) >= 11 is 0. The second kappa shape index (κ2) is 5.68. The van der Waals surface area contributed by atoms with E-state index in [1.54, 1.807) is 0 Å². The third kappa shape index (κ3) is 3.21. The Hall–Kier alpha value is -0.800. The monoisotopic (exact) mass is 262 g/mol. The minimum Gasteiger partial charge on any atom is -0.464 e. The Balaban J connectivity index is 1.48. The van der Waals surface area contributed by atoms with Crippen LogP contribution in [0.3, 0.4) is 0 Å². The van der Waals surface area contributed by atoms with Crippen LogP contribution in [0.25, 0.3) is 0 Å². The molecule has 1 saturated heterocycles. The highest BCUT2D eigenvalue weighted by molar-refractivity contribution is 5.17. The van der Waals surface area contributed by atoms with Gasteiger partial charge in [0, 0.05) is 5.92 Å². The predicted molar refractivity (Wildman–Crippen MR) is 76.9 cm³/mol. The molecule has 2 N–H and O–H groups in total. The summed E-state index contributed by atoms with van der Waals surface area (Å²) in [7, 11) is 0. The molecule has 3 heteroatoms. The van der Waals surface area contributed by atoms with Gasteiger partial charge in [0.2, 0.25) is 0 Å². The number of hydrogen-bond donors (Lipinski definition) is 1. The van der Waals surface area contributed by atoms with Crippen molar-refractivity contribution in [2.24, 2.45) is 17.6 Å². The fourth-order valence-electron chi connectivity index (χ4n) is 3.29. The molecule has 2 atom stereocenters. The number of furan rings is 1. The molecule has 2 unspecified atom stereocenters. The van der Waals surface area contributed by atoms with Crippen LogP contribution < -0.4 is 5.73 Å². The van der Waals surface area contributed by atoms with E-state index in [1.165, 1.54) is 44.5 Å². The molecule has 2 heterocycles. The lowest BCUT2D eigenvalue weighted by Crippen LogP contribution is -2.33. The standard InChI is InChI=1S/C16H26N2O/c1-12-10-15(12)16-3-2-14(19-16)11-18-8-5-13(4-7-17)6-9-18/h2-3,12-13,15H,4-11,17H2,1H3. The van der Waals surface area contributed by atoms with E-state index in [0.717, 1.165) is 30.7 Å². The third-order valence-corrected chi connectivity index (χ3v) is 4.82. The van der Waals surface area contributed by atoms with Crippen LogP contribution in [0.15, 0.2) is 16.5 Å². The van der Waals surface area contributed by atoms with Crippen molar-refractivity contribution in [1.82, 2.24) is 4.90 Å². The van der Waals surface area contributed by atoms with Crippen molar-refractivity contribution in [2.45, 2.75) is 45.1 Å². The molecule has 0 amide bonds. The number of rotatable bonds is 5. The number of nitrogens with two attached hydrogens (primary N) is 1. The van der Waals surface area contributed by atoms with Crippen LogP contribution in [0.1, 0.15) is 50.0 Å². The summed E-state index contributed by atoms with van der Waals surface area (Å²) < 4.78 is 5.99. The molecule has 0 radical (unpaired) electrons. The quantitative estimate of drug-likeness (QED) is 0.887. The number of likely N-dealkylation sites (tertiary alicyclic amines) is 1. The molecule has 1 aliphatic carbocycles. The average molecular weight is 262 g/mol. The Bertz CT molecular complexity index is 407. The lowest BCUT2D eigenvalue weighted by atomic mass is 9.93. The van der Waals surface area contributed by atoms with Gasteiger partial charge in [-0.1, -0.05) is 6.92 Å². The Kier molecular flexibility index (Phi) is 3.94. The maximum atomic E-state index is 5.99. The van der Waals surface area contributed by atoms with Gasteiger partial charge in [-0.3, -0.25) is 4.90 Å². The zero-order valence-electron chi connectivity index (χ0n) is 12.0. The van der Waals surface area contributed by atoms with Crippen molar-refractivity contribution in [3.8, 4) is 0 Å². The van der Waals surface area contributed by atoms with E-state index in [1.807, 2.05) is 0 Å². The van der Waals surface area contributed by atoms with Gasteiger partial charge in [-0.2, -0.15) is 0 Å². The third-order valence-electron chi connectivity index (χ3n) is 4.82. The van der Waals surface area contributed by atoms with Gasteiger partial charge in [0.1, 0.15) is 11.5 Å². The molecule has 0 aromatic carbocycles. The van der Waals surface area contributed by atoms with E-state index in [-0.39, 0.29) is 0 Å². The summed E-state index contributed by atoms with van der Waals surface area (Å²) in [5.74, 6) is 4.72. The zero-order chi connectivity index (χ0) is 13.2. The Morgan fingerprint density at radius 2 is 2.05 bits per heavy atom. The van der Waals surface area contributed by atoms with E-state index >= 15 is 0 Å². The second-order valence-corrected chi connectivity index (χ2v) is 6.42. The molecule has 19 heavy (non-hydrogen) atoms. The Labute approximate surface area is 116 Å².